The van der Waals surface area contributed by atoms with E-state index in [4.69, 9.17) is 0 Å². The van der Waals surface area contributed by atoms with Gasteiger partial charge in [0.15, 0.2) is 0 Å². The van der Waals surface area contributed by atoms with Crippen LogP contribution in [0.25, 0.3) is 0 Å². The average molecular weight is 446 g/mol. The molecule has 1 unspecified atom stereocenters. The third-order valence-corrected chi connectivity index (χ3v) is 6.83. The Balaban J connectivity index is 1.26. The fraction of sp³-hybridized carbons (Fsp3) is 0.480. The largest absolute Gasteiger partial charge is 0.416 e. The number of nitrogens with zero attached hydrogens (tertiary/aromatic N) is 2. The van der Waals surface area contributed by atoms with Crippen LogP contribution in [0.5, 0.6) is 0 Å². The first-order valence-electron chi connectivity index (χ1n) is 11.2. The van der Waals surface area contributed by atoms with Gasteiger partial charge >= 0.3 is 6.18 Å². The van der Waals surface area contributed by atoms with Crippen molar-refractivity contribution < 1.29 is 18.0 Å². The van der Waals surface area contributed by atoms with E-state index in [2.05, 4.69) is 46.4 Å². The molecule has 0 spiro atoms. The van der Waals surface area contributed by atoms with Gasteiger partial charge in [-0.2, -0.15) is 13.2 Å². The van der Waals surface area contributed by atoms with Gasteiger partial charge in [-0.25, -0.2) is 0 Å². The average Bonchev–Trinajstić information content (AvgIpc) is 2.78. The molecule has 3 heterocycles. The van der Waals surface area contributed by atoms with Crippen LogP contribution in [0.3, 0.4) is 0 Å². The molecule has 7 heteroatoms. The van der Waals surface area contributed by atoms with E-state index in [-0.39, 0.29) is 11.5 Å². The predicted octanol–water partition coefficient (Wildman–Crippen LogP) is 4.28. The Morgan fingerprint density at radius 3 is 2.47 bits per heavy atom. The van der Waals surface area contributed by atoms with Gasteiger partial charge in [0, 0.05) is 37.8 Å². The quantitative estimate of drug-likeness (QED) is 0.691. The van der Waals surface area contributed by atoms with Crippen LogP contribution in [0.15, 0.2) is 54.6 Å². The maximum Gasteiger partial charge on any atom is 0.416 e. The fourth-order valence-corrected chi connectivity index (χ4v) is 5.15. The number of alkyl halides is 3. The molecule has 3 aliphatic rings. The lowest BCUT2D eigenvalue weighted by Crippen LogP contribution is -2.58. The molecule has 4 atom stereocenters. The second-order valence-corrected chi connectivity index (χ2v) is 9.16. The molecule has 4 nitrogen and oxygen atoms in total. The first kappa shape index (κ1) is 22.8. The van der Waals surface area contributed by atoms with Crippen molar-refractivity contribution >= 4 is 5.91 Å². The molecule has 2 bridgehead atoms. The number of halogens is 3. The van der Waals surface area contributed by atoms with Crippen molar-refractivity contribution in [1.29, 1.82) is 0 Å². The van der Waals surface area contributed by atoms with E-state index < -0.39 is 11.7 Å². The van der Waals surface area contributed by atoms with Crippen LogP contribution >= 0.6 is 0 Å². The van der Waals surface area contributed by atoms with Crippen LogP contribution < -0.4 is 5.32 Å². The summed E-state index contributed by atoms with van der Waals surface area (Å²) in [5.41, 5.74) is 0.836. The summed E-state index contributed by atoms with van der Waals surface area (Å²) in [6, 6.07) is 15.2. The molecule has 1 amide bonds. The van der Waals surface area contributed by atoms with Crippen molar-refractivity contribution in [3.8, 4) is 0 Å². The maximum atomic E-state index is 12.7. The number of carbonyl (C=O) groups is 1. The van der Waals surface area contributed by atoms with Crippen LogP contribution in [-0.4, -0.2) is 55.0 Å². The smallest absolute Gasteiger partial charge is 0.350 e. The van der Waals surface area contributed by atoms with Crippen LogP contribution in [0.4, 0.5) is 13.2 Å². The molecule has 0 radical (unpaired) electrons. The van der Waals surface area contributed by atoms with E-state index in [0.29, 0.717) is 24.4 Å². The van der Waals surface area contributed by atoms with Gasteiger partial charge in [0.25, 0.3) is 5.91 Å². The predicted molar refractivity (Wildman–Crippen MR) is 118 cm³/mol. The van der Waals surface area contributed by atoms with Gasteiger partial charge in [-0.15, -0.1) is 0 Å². The molecule has 32 heavy (non-hydrogen) atoms. The second-order valence-electron chi connectivity index (χ2n) is 9.16. The number of fused-ring (bicyclic) bond motifs is 3. The molecule has 3 aliphatic heterocycles. The Bertz CT molecular complexity index is 901. The fourth-order valence-electron chi connectivity index (χ4n) is 5.15. The number of nitrogens with one attached hydrogen (secondary N) is 1. The summed E-state index contributed by atoms with van der Waals surface area (Å²) in [4.78, 5) is 17.3. The van der Waals surface area contributed by atoms with E-state index in [9.17, 15) is 18.0 Å². The van der Waals surface area contributed by atoms with Crippen LogP contribution in [0.1, 0.15) is 34.3 Å². The normalized spacial score (nSPS) is 25.2. The van der Waals surface area contributed by atoms with E-state index in [1.54, 1.807) is 0 Å². The molecule has 0 aliphatic carbocycles. The zero-order chi connectivity index (χ0) is 22.7. The molecular formula is C25H30F3N3O. The lowest BCUT2D eigenvalue weighted by Gasteiger charge is -2.50. The Morgan fingerprint density at radius 1 is 1.12 bits per heavy atom. The van der Waals surface area contributed by atoms with E-state index >= 15 is 0 Å². The van der Waals surface area contributed by atoms with Crippen molar-refractivity contribution in [3.05, 3.63) is 71.3 Å². The Hall–Kier alpha value is -2.38. The van der Waals surface area contributed by atoms with Crippen molar-refractivity contribution in [2.24, 2.45) is 11.8 Å². The van der Waals surface area contributed by atoms with Crippen molar-refractivity contribution in [1.82, 2.24) is 15.1 Å². The summed E-state index contributed by atoms with van der Waals surface area (Å²) < 4.78 is 38.1. The minimum Gasteiger partial charge on any atom is -0.350 e. The van der Waals surface area contributed by atoms with Crippen LogP contribution in [0.2, 0.25) is 0 Å². The molecule has 1 N–H and O–H groups in total. The maximum absolute atomic E-state index is 12.7. The summed E-state index contributed by atoms with van der Waals surface area (Å²) in [6.45, 7) is 4.61. The highest BCUT2D eigenvalue weighted by Gasteiger charge is 2.40. The van der Waals surface area contributed by atoms with Crippen molar-refractivity contribution in [2.45, 2.75) is 31.6 Å². The molecule has 3 fully saturated rings. The van der Waals surface area contributed by atoms with E-state index in [1.165, 1.54) is 24.1 Å². The summed E-state index contributed by atoms with van der Waals surface area (Å²) in [6.07, 6.45) is -2.15. The first-order chi connectivity index (χ1) is 15.3. The Labute approximate surface area is 187 Å². The zero-order valence-electron chi connectivity index (χ0n) is 18.3. The molecule has 3 saturated heterocycles. The summed E-state index contributed by atoms with van der Waals surface area (Å²) in [5, 5.41) is 2.93. The third kappa shape index (κ3) is 5.51. The number of rotatable bonds is 7. The van der Waals surface area contributed by atoms with Gasteiger partial charge in [-0.05, 0) is 68.1 Å². The zero-order valence-corrected chi connectivity index (χ0v) is 18.3. The first-order valence-corrected chi connectivity index (χ1v) is 11.2. The number of piperidine rings is 3. The molecule has 0 saturated carbocycles. The monoisotopic (exact) mass is 445 g/mol. The highest BCUT2D eigenvalue weighted by molar-refractivity contribution is 5.94. The number of carbonyl (C=O) groups excluding carboxylic acids is 1. The van der Waals surface area contributed by atoms with Crippen molar-refractivity contribution in [2.75, 3.05) is 33.2 Å². The van der Waals surface area contributed by atoms with Gasteiger partial charge in [0.05, 0.1) is 5.56 Å². The van der Waals surface area contributed by atoms with Crippen LogP contribution in [-0.2, 0) is 12.7 Å². The molecule has 0 aromatic heterocycles. The summed E-state index contributed by atoms with van der Waals surface area (Å²) in [7, 11) is 2.17. The second kappa shape index (κ2) is 9.63. The van der Waals surface area contributed by atoms with Gasteiger partial charge in [0.1, 0.15) is 0 Å². The molecular weight excluding hydrogens is 415 g/mol. The molecule has 172 valence electrons. The SMILES string of the molecule is CN(Cc1ccccc1)C[C@@H]1CN2CC[C@H]1C[C@@H]2CNC(=O)c1ccc(C(F)(F)F)cc1. The third-order valence-electron chi connectivity index (χ3n) is 6.83. The number of benzene rings is 2. The molecule has 2 aromatic carbocycles. The topological polar surface area (TPSA) is 35.6 Å². The number of amides is 1. The molecule has 5 rings (SSSR count). The van der Waals surface area contributed by atoms with E-state index in [1.807, 2.05) is 6.07 Å². The van der Waals surface area contributed by atoms with Gasteiger partial charge in [-0.1, -0.05) is 30.3 Å². The van der Waals surface area contributed by atoms with Gasteiger partial charge < -0.3 is 10.2 Å². The van der Waals surface area contributed by atoms with Crippen LogP contribution in [0, 0.1) is 11.8 Å². The lowest BCUT2D eigenvalue weighted by atomic mass is 9.75. The highest BCUT2D eigenvalue weighted by Crippen LogP contribution is 2.36. The van der Waals surface area contributed by atoms with E-state index in [0.717, 1.165) is 44.7 Å². The highest BCUT2D eigenvalue weighted by atomic mass is 19.4. The molecule has 2 aromatic rings. The Morgan fingerprint density at radius 2 is 1.84 bits per heavy atom. The standard InChI is InChI=1S/C25H30F3N3O/c1-30(15-18-5-3-2-4-6-18)16-21-17-31-12-11-20(21)13-23(31)14-29-24(32)19-7-9-22(10-8-19)25(26,27)28/h2-10,20-21,23H,11-17H2,1H3,(H,29,32)/t20-,21+,23+/m0/s1. The number of hydrogen-bond donors (Lipinski definition) is 1. The van der Waals surface area contributed by atoms with Gasteiger partial charge in [0.2, 0.25) is 0 Å². The minimum absolute atomic E-state index is 0.259. The van der Waals surface area contributed by atoms with Crippen molar-refractivity contribution in [3.63, 3.8) is 0 Å². The lowest BCUT2D eigenvalue weighted by molar-refractivity contribution is -0.137. The number of hydrogen-bond acceptors (Lipinski definition) is 3. The summed E-state index contributed by atoms with van der Waals surface area (Å²) in [5.74, 6) is 0.950. The Kier molecular flexibility index (Phi) is 6.86. The summed E-state index contributed by atoms with van der Waals surface area (Å²) >= 11 is 0. The van der Waals surface area contributed by atoms with Gasteiger partial charge in [-0.3, -0.25) is 9.69 Å². The minimum atomic E-state index is -4.39.